The van der Waals surface area contributed by atoms with Crippen LogP contribution in [0.3, 0.4) is 0 Å². The molecule has 0 bridgehead atoms. The fourth-order valence-corrected chi connectivity index (χ4v) is 2.93. The standard InChI is InChI=1S/C11H16ClNO2S/c1-13-7-2-8-16(14,15)9-10-3-5-11(12)6-4-10/h3-6,13H,2,7-9H2,1H3. The molecular weight excluding hydrogens is 246 g/mol. The number of rotatable bonds is 6. The third-order valence-corrected chi connectivity index (χ3v) is 4.12. The molecule has 0 saturated heterocycles. The normalized spacial score (nSPS) is 11.6. The lowest BCUT2D eigenvalue weighted by atomic mass is 10.2. The number of nitrogens with one attached hydrogen (secondary N) is 1. The van der Waals surface area contributed by atoms with Crippen molar-refractivity contribution in [3.8, 4) is 0 Å². The van der Waals surface area contributed by atoms with Gasteiger partial charge in [0, 0.05) is 5.02 Å². The van der Waals surface area contributed by atoms with Gasteiger partial charge >= 0.3 is 0 Å². The molecule has 0 amide bonds. The Morgan fingerprint density at radius 2 is 1.88 bits per heavy atom. The van der Waals surface area contributed by atoms with E-state index in [-0.39, 0.29) is 11.5 Å². The molecular formula is C11H16ClNO2S. The first kappa shape index (κ1) is 13.5. The zero-order valence-electron chi connectivity index (χ0n) is 9.24. The quantitative estimate of drug-likeness (QED) is 0.796. The van der Waals surface area contributed by atoms with Crippen LogP contribution in [-0.2, 0) is 15.6 Å². The van der Waals surface area contributed by atoms with Gasteiger partial charge in [-0.25, -0.2) is 8.42 Å². The molecule has 0 unspecified atom stereocenters. The molecule has 0 aliphatic carbocycles. The monoisotopic (exact) mass is 261 g/mol. The van der Waals surface area contributed by atoms with Crippen LogP contribution in [0.4, 0.5) is 0 Å². The number of hydrogen-bond donors (Lipinski definition) is 1. The van der Waals surface area contributed by atoms with Crippen molar-refractivity contribution in [2.24, 2.45) is 0 Å². The number of benzene rings is 1. The third-order valence-electron chi connectivity index (χ3n) is 2.18. The van der Waals surface area contributed by atoms with Crippen LogP contribution in [0.25, 0.3) is 0 Å². The summed E-state index contributed by atoms with van der Waals surface area (Å²) in [6.45, 7) is 0.722. The maximum absolute atomic E-state index is 11.7. The van der Waals surface area contributed by atoms with Crippen molar-refractivity contribution in [2.75, 3.05) is 19.3 Å². The van der Waals surface area contributed by atoms with E-state index in [2.05, 4.69) is 5.32 Å². The van der Waals surface area contributed by atoms with Crippen molar-refractivity contribution in [2.45, 2.75) is 12.2 Å². The van der Waals surface area contributed by atoms with Crippen LogP contribution in [0, 0.1) is 0 Å². The Hall–Kier alpha value is -0.580. The molecule has 1 N–H and O–H groups in total. The summed E-state index contributed by atoms with van der Waals surface area (Å²) in [6.07, 6.45) is 0.645. The second-order valence-electron chi connectivity index (χ2n) is 3.68. The average Bonchev–Trinajstić information content (AvgIpc) is 2.21. The Bertz CT molecular complexity index is 414. The zero-order valence-corrected chi connectivity index (χ0v) is 10.8. The van der Waals surface area contributed by atoms with Gasteiger partial charge in [-0.3, -0.25) is 0 Å². The van der Waals surface area contributed by atoms with E-state index in [0.717, 1.165) is 12.1 Å². The van der Waals surface area contributed by atoms with Gasteiger partial charge in [-0.1, -0.05) is 23.7 Å². The minimum Gasteiger partial charge on any atom is -0.320 e. The van der Waals surface area contributed by atoms with Gasteiger partial charge in [0.15, 0.2) is 9.84 Å². The van der Waals surface area contributed by atoms with E-state index in [1.807, 2.05) is 7.05 Å². The molecule has 0 atom stereocenters. The van der Waals surface area contributed by atoms with E-state index < -0.39 is 9.84 Å². The van der Waals surface area contributed by atoms with Gasteiger partial charge in [0.25, 0.3) is 0 Å². The van der Waals surface area contributed by atoms with Gasteiger partial charge in [0.05, 0.1) is 11.5 Å². The molecule has 1 rings (SSSR count). The topological polar surface area (TPSA) is 46.2 Å². The van der Waals surface area contributed by atoms with Crippen molar-refractivity contribution >= 4 is 21.4 Å². The molecule has 0 saturated carbocycles. The summed E-state index contributed by atoms with van der Waals surface area (Å²) >= 11 is 5.73. The van der Waals surface area contributed by atoms with Crippen LogP contribution in [0.5, 0.6) is 0 Å². The largest absolute Gasteiger partial charge is 0.320 e. The SMILES string of the molecule is CNCCCS(=O)(=O)Cc1ccc(Cl)cc1. The second-order valence-corrected chi connectivity index (χ2v) is 6.30. The number of sulfone groups is 1. The molecule has 0 aliphatic heterocycles. The van der Waals surface area contributed by atoms with Crippen LogP contribution < -0.4 is 5.32 Å². The Kier molecular flexibility index (Phi) is 5.25. The van der Waals surface area contributed by atoms with Crippen molar-refractivity contribution in [3.63, 3.8) is 0 Å². The predicted octanol–water partition coefficient (Wildman–Crippen LogP) is 1.86. The highest BCUT2D eigenvalue weighted by Crippen LogP contribution is 2.12. The summed E-state index contributed by atoms with van der Waals surface area (Å²) in [7, 11) is -1.19. The Balaban J connectivity index is 2.55. The molecule has 0 spiro atoms. The summed E-state index contributed by atoms with van der Waals surface area (Å²) in [5.41, 5.74) is 0.786. The molecule has 0 radical (unpaired) electrons. The molecule has 90 valence electrons. The van der Waals surface area contributed by atoms with Gasteiger partial charge in [0.1, 0.15) is 0 Å². The van der Waals surface area contributed by atoms with Crippen LogP contribution in [0.15, 0.2) is 24.3 Å². The van der Waals surface area contributed by atoms with Crippen LogP contribution in [0.2, 0.25) is 5.02 Å². The highest BCUT2D eigenvalue weighted by Gasteiger charge is 2.11. The van der Waals surface area contributed by atoms with Crippen molar-refractivity contribution in [1.29, 1.82) is 0 Å². The molecule has 0 heterocycles. The first-order chi connectivity index (χ1) is 7.53. The van der Waals surface area contributed by atoms with Crippen molar-refractivity contribution in [1.82, 2.24) is 5.32 Å². The molecule has 1 aromatic rings. The summed E-state index contributed by atoms with van der Waals surface area (Å²) in [5, 5.41) is 3.55. The van der Waals surface area contributed by atoms with Gasteiger partial charge in [-0.15, -0.1) is 0 Å². The van der Waals surface area contributed by atoms with Gasteiger partial charge in [0.2, 0.25) is 0 Å². The lowest BCUT2D eigenvalue weighted by Gasteiger charge is -2.04. The van der Waals surface area contributed by atoms with E-state index in [0.29, 0.717) is 11.4 Å². The van der Waals surface area contributed by atoms with Crippen molar-refractivity contribution in [3.05, 3.63) is 34.9 Å². The van der Waals surface area contributed by atoms with Crippen LogP contribution in [0.1, 0.15) is 12.0 Å². The number of halogens is 1. The summed E-state index contributed by atoms with van der Waals surface area (Å²) in [6, 6.07) is 6.91. The van der Waals surface area contributed by atoms with Gasteiger partial charge in [-0.05, 0) is 37.7 Å². The molecule has 0 fully saturated rings. The van der Waals surface area contributed by atoms with Crippen LogP contribution in [-0.4, -0.2) is 27.8 Å². The maximum Gasteiger partial charge on any atom is 0.154 e. The van der Waals surface area contributed by atoms with Gasteiger partial charge in [-0.2, -0.15) is 0 Å². The summed E-state index contributed by atoms with van der Waals surface area (Å²) in [4.78, 5) is 0. The van der Waals surface area contributed by atoms with E-state index in [9.17, 15) is 8.42 Å². The summed E-state index contributed by atoms with van der Waals surface area (Å²) < 4.78 is 23.4. The van der Waals surface area contributed by atoms with E-state index in [1.165, 1.54) is 0 Å². The smallest absolute Gasteiger partial charge is 0.154 e. The minimum atomic E-state index is -3.00. The van der Waals surface area contributed by atoms with E-state index >= 15 is 0 Å². The highest BCUT2D eigenvalue weighted by atomic mass is 35.5. The lowest BCUT2D eigenvalue weighted by molar-refractivity contribution is 0.591. The lowest BCUT2D eigenvalue weighted by Crippen LogP contribution is -2.15. The number of hydrogen-bond acceptors (Lipinski definition) is 3. The molecule has 3 nitrogen and oxygen atoms in total. The fourth-order valence-electron chi connectivity index (χ4n) is 1.38. The Morgan fingerprint density at radius 3 is 2.44 bits per heavy atom. The molecule has 0 aromatic heterocycles. The first-order valence-electron chi connectivity index (χ1n) is 5.13. The zero-order chi connectivity index (χ0) is 12.0. The Labute approximate surface area is 102 Å². The van der Waals surface area contributed by atoms with Crippen molar-refractivity contribution < 1.29 is 8.42 Å². The second kappa shape index (κ2) is 6.23. The predicted molar refractivity (Wildman–Crippen MR) is 67.5 cm³/mol. The van der Waals surface area contributed by atoms with E-state index in [4.69, 9.17) is 11.6 Å². The average molecular weight is 262 g/mol. The Morgan fingerprint density at radius 1 is 1.25 bits per heavy atom. The van der Waals surface area contributed by atoms with Crippen LogP contribution >= 0.6 is 11.6 Å². The third kappa shape index (κ3) is 4.96. The maximum atomic E-state index is 11.7. The minimum absolute atomic E-state index is 0.0912. The molecule has 16 heavy (non-hydrogen) atoms. The molecule has 0 aliphatic rings. The summed E-state index contributed by atoms with van der Waals surface area (Å²) in [5.74, 6) is 0.310. The van der Waals surface area contributed by atoms with E-state index in [1.54, 1.807) is 24.3 Å². The fraction of sp³-hybridized carbons (Fsp3) is 0.455. The highest BCUT2D eigenvalue weighted by molar-refractivity contribution is 7.90. The molecule has 1 aromatic carbocycles. The molecule has 5 heteroatoms. The van der Waals surface area contributed by atoms with Gasteiger partial charge < -0.3 is 5.32 Å². The first-order valence-corrected chi connectivity index (χ1v) is 7.33.